The SMILES string of the molecule is COCCCC1CCCCN1Cc1cccnc1N. The highest BCUT2D eigenvalue weighted by Gasteiger charge is 2.22. The van der Waals surface area contributed by atoms with Gasteiger partial charge < -0.3 is 10.5 Å². The number of piperidine rings is 1. The number of ether oxygens (including phenoxy) is 1. The monoisotopic (exact) mass is 263 g/mol. The van der Waals surface area contributed by atoms with Gasteiger partial charge in [-0.1, -0.05) is 12.5 Å². The Kier molecular flexibility index (Phi) is 5.61. The number of hydrogen-bond acceptors (Lipinski definition) is 4. The van der Waals surface area contributed by atoms with Crippen LogP contribution in [0.25, 0.3) is 0 Å². The molecule has 0 radical (unpaired) electrons. The summed E-state index contributed by atoms with van der Waals surface area (Å²) in [7, 11) is 1.77. The molecule has 106 valence electrons. The summed E-state index contributed by atoms with van der Waals surface area (Å²) in [4.78, 5) is 6.74. The molecule has 0 bridgehead atoms. The van der Waals surface area contributed by atoms with Crippen molar-refractivity contribution in [2.24, 2.45) is 0 Å². The van der Waals surface area contributed by atoms with Crippen molar-refractivity contribution in [2.75, 3.05) is 26.0 Å². The van der Waals surface area contributed by atoms with Gasteiger partial charge in [-0.2, -0.15) is 0 Å². The van der Waals surface area contributed by atoms with Gasteiger partial charge in [0.15, 0.2) is 0 Å². The third-order valence-corrected chi connectivity index (χ3v) is 3.93. The molecular weight excluding hydrogens is 238 g/mol. The maximum atomic E-state index is 5.95. The van der Waals surface area contributed by atoms with E-state index in [4.69, 9.17) is 10.5 Å². The summed E-state index contributed by atoms with van der Waals surface area (Å²) in [6, 6.07) is 4.72. The second-order valence-corrected chi connectivity index (χ2v) is 5.30. The summed E-state index contributed by atoms with van der Waals surface area (Å²) in [6.07, 6.45) is 8.04. The summed E-state index contributed by atoms with van der Waals surface area (Å²) in [6.45, 7) is 2.96. The Morgan fingerprint density at radius 2 is 2.37 bits per heavy atom. The molecule has 19 heavy (non-hydrogen) atoms. The van der Waals surface area contributed by atoms with E-state index in [0.29, 0.717) is 11.9 Å². The predicted octanol–water partition coefficient (Wildman–Crippen LogP) is 2.44. The fraction of sp³-hybridized carbons (Fsp3) is 0.667. The van der Waals surface area contributed by atoms with Crippen molar-refractivity contribution in [3.05, 3.63) is 23.9 Å². The van der Waals surface area contributed by atoms with Gasteiger partial charge in [-0.3, -0.25) is 4.90 Å². The lowest BCUT2D eigenvalue weighted by Gasteiger charge is -2.36. The zero-order valence-electron chi connectivity index (χ0n) is 11.8. The number of nitrogen functional groups attached to an aromatic ring is 1. The summed E-state index contributed by atoms with van der Waals surface area (Å²) < 4.78 is 5.16. The molecule has 1 aromatic heterocycles. The number of nitrogens with two attached hydrogens (primary N) is 1. The van der Waals surface area contributed by atoms with Crippen LogP contribution in [0.4, 0.5) is 5.82 Å². The van der Waals surface area contributed by atoms with Crippen LogP contribution in [0, 0.1) is 0 Å². The maximum Gasteiger partial charge on any atom is 0.127 e. The minimum absolute atomic E-state index is 0.670. The normalized spacial score (nSPS) is 20.6. The van der Waals surface area contributed by atoms with E-state index < -0.39 is 0 Å². The first-order chi connectivity index (χ1) is 9.31. The molecule has 0 amide bonds. The van der Waals surface area contributed by atoms with Crippen LogP contribution in [0.3, 0.4) is 0 Å². The van der Waals surface area contributed by atoms with Crippen molar-refractivity contribution in [2.45, 2.75) is 44.7 Å². The second-order valence-electron chi connectivity index (χ2n) is 5.30. The minimum Gasteiger partial charge on any atom is -0.385 e. The fourth-order valence-electron chi connectivity index (χ4n) is 2.86. The standard InChI is InChI=1S/C15H25N3O/c1-19-11-5-8-14-7-2-3-10-18(14)12-13-6-4-9-17-15(13)16/h4,6,9,14H,2-3,5,7-8,10-12H2,1H3,(H2,16,17). The summed E-state index contributed by atoms with van der Waals surface area (Å²) in [5, 5.41) is 0. The van der Waals surface area contributed by atoms with Gasteiger partial charge in [-0.05, 0) is 38.3 Å². The molecule has 1 fully saturated rings. The lowest BCUT2D eigenvalue weighted by molar-refractivity contribution is 0.116. The van der Waals surface area contributed by atoms with E-state index in [1.54, 1.807) is 13.3 Å². The quantitative estimate of drug-likeness (QED) is 0.801. The van der Waals surface area contributed by atoms with Crippen molar-refractivity contribution in [3.8, 4) is 0 Å². The number of likely N-dealkylation sites (tertiary alicyclic amines) is 1. The maximum absolute atomic E-state index is 5.95. The number of anilines is 1. The van der Waals surface area contributed by atoms with Crippen molar-refractivity contribution in [3.63, 3.8) is 0 Å². The second kappa shape index (κ2) is 7.46. The number of methoxy groups -OCH3 is 1. The molecule has 0 spiro atoms. The molecule has 1 aromatic rings. The molecular formula is C15H25N3O. The first kappa shape index (κ1) is 14.3. The third kappa shape index (κ3) is 4.18. The molecule has 4 nitrogen and oxygen atoms in total. The van der Waals surface area contributed by atoms with Crippen LogP contribution in [-0.2, 0) is 11.3 Å². The van der Waals surface area contributed by atoms with Crippen LogP contribution in [0.1, 0.15) is 37.7 Å². The van der Waals surface area contributed by atoms with E-state index in [1.807, 2.05) is 6.07 Å². The molecule has 4 heteroatoms. The zero-order chi connectivity index (χ0) is 13.5. The smallest absolute Gasteiger partial charge is 0.127 e. The minimum atomic E-state index is 0.670. The van der Waals surface area contributed by atoms with E-state index in [-0.39, 0.29) is 0 Å². The molecule has 2 rings (SSSR count). The van der Waals surface area contributed by atoms with Gasteiger partial charge in [0.2, 0.25) is 0 Å². The van der Waals surface area contributed by atoms with E-state index in [9.17, 15) is 0 Å². The molecule has 0 aliphatic carbocycles. The number of hydrogen-bond donors (Lipinski definition) is 1. The van der Waals surface area contributed by atoms with Crippen molar-refractivity contribution in [1.29, 1.82) is 0 Å². The summed E-state index contributed by atoms with van der Waals surface area (Å²) in [5.41, 5.74) is 7.10. The third-order valence-electron chi connectivity index (χ3n) is 3.93. The Morgan fingerprint density at radius 3 is 3.16 bits per heavy atom. The predicted molar refractivity (Wildman–Crippen MR) is 77.8 cm³/mol. The Hall–Kier alpha value is -1.13. The lowest BCUT2D eigenvalue weighted by Crippen LogP contribution is -2.39. The Balaban J connectivity index is 1.93. The van der Waals surface area contributed by atoms with Gasteiger partial charge in [0.25, 0.3) is 0 Å². The number of aromatic nitrogens is 1. The van der Waals surface area contributed by atoms with Crippen molar-refractivity contribution in [1.82, 2.24) is 9.88 Å². The lowest BCUT2D eigenvalue weighted by atomic mass is 9.97. The van der Waals surface area contributed by atoms with E-state index in [0.717, 1.165) is 25.1 Å². The Bertz CT molecular complexity index is 383. The summed E-state index contributed by atoms with van der Waals surface area (Å²) in [5.74, 6) is 0.670. The molecule has 1 saturated heterocycles. The average molecular weight is 263 g/mol. The largest absolute Gasteiger partial charge is 0.385 e. The first-order valence-corrected chi connectivity index (χ1v) is 7.23. The van der Waals surface area contributed by atoms with Crippen LogP contribution in [0.15, 0.2) is 18.3 Å². The molecule has 1 atom stereocenters. The Labute approximate surface area is 116 Å². The van der Waals surface area contributed by atoms with E-state index in [2.05, 4.69) is 16.0 Å². The zero-order valence-corrected chi connectivity index (χ0v) is 11.8. The van der Waals surface area contributed by atoms with Crippen LogP contribution in [0.5, 0.6) is 0 Å². The molecule has 0 aromatic carbocycles. The number of rotatable bonds is 6. The number of nitrogens with zero attached hydrogens (tertiary/aromatic N) is 2. The van der Waals surface area contributed by atoms with Crippen LogP contribution < -0.4 is 5.73 Å². The first-order valence-electron chi connectivity index (χ1n) is 7.23. The van der Waals surface area contributed by atoms with Crippen LogP contribution >= 0.6 is 0 Å². The van der Waals surface area contributed by atoms with Gasteiger partial charge >= 0.3 is 0 Å². The molecule has 0 saturated carbocycles. The Morgan fingerprint density at radius 1 is 1.47 bits per heavy atom. The number of pyridine rings is 1. The van der Waals surface area contributed by atoms with Crippen molar-refractivity contribution < 1.29 is 4.74 Å². The average Bonchev–Trinajstić information content (AvgIpc) is 2.43. The molecule has 2 N–H and O–H groups in total. The highest BCUT2D eigenvalue weighted by atomic mass is 16.5. The summed E-state index contributed by atoms with van der Waals surface area (Å²) >= 11 is 0. The van der Waals surface area contributed by atoms with Crippen LogP contribution in [0.2, 0.25) is 0 Å². The molecule has 1 unspecified atom stereocenters. The molecule has 2 heterocycles. The van der Waals surface area contributed by atoms with Gasteiger partial charge in [0, 0.05) is 38.1 Å². The van der Waals surface area contributed by atoms with Gasteiger partial charge in [-0.25, -0.2) is 4.98 Å². The fourth-order valence-corrected chi connectivity index (χ4v) is 2.86. The highest BCUT2D eigenvalue weighted by molar-refractivity contribution is 5.38. The van der Waals surface area contributed by atoms with Gasteiger partial charge in [-0.15, -0.1) is 0 Å². The highest BCUT2D eigenvalue weighted by Crippen LogP contribution is 2.24. The molecule has 1 aliphatic heterocycles. The van der Waals surface area contributed by atoms with Crippen molar-refractivity contribution >= 4 is 5.82 Å². The van der Waals surface area contributed by atoms with E-state index >= 15 is 0 Å². The van der Waals surface area contributed by atoms with E-state index in [1.165, 1.54) is 32.2 Å². The van der Waals surface area contributed by atoms with Gasteiger partial charge in [0.1, 0.15) is 5.82 Å². The van der Waals surface area contributed by atoms with Crippen LogP contribution in [-0.4, -0.2) is 36.2 Å². The molecule has 1 aliphatic rings. The van der Waals surface area contributed by atoms with Gasteiger partial charge in [0.05, 0.1) is 0 Å². The topological polar surface area (TPSA) is 51.4 Å².